The van der Waals surface area contributed by atoms with Crippen LogP contribution in [-0.2, 0) is 19.1 Å². The highest BCUT2D eigenvalue weighted by atomic mass is 16.6. The Morgan fingerprint density at radius 3 is 2.44 bits per heavy atom. The average Bonchev–Trinajstić information content (AvgIpc) is 2.90. The van der Waals surface area contributed by atoms with Crippen LogP contribution in [0.1, 0.15) is 40.5 Å². The molecule has 102 valence electrons. The molecule has 18 heavy (non-hydrogen) atoms. The quantitative estimate of drug-likeness (QED) is 0.558. The van der Waals surface area contributed by atoms with Crippen molar-refractivity contribution in [3.8, 4) is 0 Å². The first kappa shape index (κ1) is 14.7. The zero-order valence-electron chi connectivity index (χ0n) is 11.6. The second-order valence-electron chi connectivity index (χ2n) is 5.69. The lowest BCUT2D eigenvalue weighted by Gasteiger charge is -2.21. The molecule has 0 bridgehead atoms. The second kappa shape index (κ2) is 5.12. The van der Waals surface area contributed by atoms with Crippen molar-refractivity contribution in [1.29, 1.82) is 0 Å². The third-order valence-corrected chi connectivity index (χ3v) is 2.98. The van der Waals surface area contributed by atoms with Gasteiger partial charge in [-0.25, -0.2) is 0 Å². The van der Waals surface area contributed by atoms with E-state index < -0.39 is 11.0 Å². The maximum atomic E-state index is 11.9. The summed E-state index contributed by atoms with van der Waals surface area (Å²) in [4.78, 5) is 23.7. The van der Waals surface area contributed by atoms with Crippen molar-refractivity contribution >= 4 is 11.9 Å². The highest BCUT2D eigenvalue weighted by molar-refractivity contribution is 5.87. The first-order chi connectivity index (χ1) is 8.25. The van der Waals surface area contributed by atoms with Crippen molar-refractivity contribution in [2.24, 2.45) is 11.3 Å². The molecule has 0 radical (unpaired) electrons. The molecule has 0 aliphatic heterocycles. The van der Waals surface area contributed by atoms with E-state index in [1.807, 2.05) is 0 Å². The lowest BCUT2D eigenvalue weighted by Crippen LogP contribution is -2.29. The van der Waals surface area contributed by atoms with Crippen molar-refractivity contribution in [2.75, 3.05) is 6.61 Å². The van der Waals surface area contributed by atoms with E-state index in [2.05, 4.69) is 6.58 Å². The average molecular weight is 254 g/mol. The number of hydrogen-bond donors (Lipinski definition) is 0. The van der Waals surface area contributed by atoms with Gasteiger partial charge in [0.25, 0.3) is 0 Å². The molecule has 0 N–H and O–H groups in total. The van der Waals surface area contributed by atoms with Gasteiger partial charge in [-0.05, 0) is 40.0 Å². The summed E-state index contributed by atoms with van der Waals surface area (Å²) in [5.41, 5.74) is -1.27. The fourth-order valence-corrected chi connectivity index (χ4v) is 2.06. The van der Waals surface area contributed by atoms with E-state index in [9.17, 15) is 9.59 Å². The van der Waals surface area contributed by atoms with Gasteiger partial charge in [0.15, 0.2) is 0 Å². The van der Waals surface area contributed by atoms with Gasteiger partial charge in [0, 0.05) is 0 Å². The van der Waals surface area contributed by atoms with Gasteiger partial charge < -0.3 is 9.47 Å². The standard InChI is InChI=1S/C14H22O4/c1-6-10-8-14(10,12(16)17-7-2)9-11(15)18-13(3,4)5/h6,10H,1,7-9H2,2-5H3. The summed E-state index contributed by atoms with van der Waals surface area (Å²) < 4.78 is 10.3. The molecular weight excluding hydrogens is 232 g/mol. The van der Waals surface area contributed by atoms with E-state index in [1.165, 1.54) is 0 Å². The Hall–Kier alpha value is -1.32. The van der Waals surface area contributed by atoms with Crippen LogP contribution in [0.2, 0.25) is 0 Å². The number of carbonyl (C=O) groups excluding carboxylic acids is 2. The summed E-state index contributed by atoms with van der Waals surface area (Å²) in [6.07, 6.45) is 2.40. The summed E-state index contributed by atoms with van der Waals surface area (Å²) in [7, 11) is 0. The van der Waals surface area contributed by atoms with Crippen LogP contribution in [0.15, 0.2) is 12.7 Å². The van der Waals surface area contributed by atoms with Crippen LogP contribution in [-0.4, -0.2) is 24.1 Å². The van der Waals surface area contributed by atoms with Crippen LogP contribution in [0.25, 0.3) is 0 Å². The molecule has 4 heteroatoms. The number of allylic oxidation sites excluding steroid dienone is 1. The van der Waals surface area contributed by atoms with Crippen molar-refractivity contribution in [3.05, 3.63) is 12.7 Å². The Labute approximate surface area is 108 Å². The van der Waals surface area contributed by atoms with E-state index in [0.717, 1.165) is 0 Å². The van der Waals surface area contributed by atoms with Crippen LogP contribution in [0, 0.1) is 11.3 Å². The largest absolute Gasteiger partial charge is 0.466 e. The predicted octanol–water partition coefficient (Wildman–Crippen LogP) is 2.47. The van der Waals surface area contributed by atoms with Crippen molar-refractivity contribution in [1.82, 2.24) is 0 Å². The van der Waals surface area contributed by atoms with Gasteiger partial charge in [-0.15, -0.1) is 6.58 Å². The highest BCUT2D eigenvalue weighted by Gasteiger charge is 2.61. The topological polar surface area (TPSA) is 52.6 Å². The number of esters is 2. The molecule has 0 aromatic heterocycles. The van der Waals surface area contributed by atoms with Crippen molar-refractivity contribution in [3.63, 3.8) is 0 Å². The molecule has 0 heterocycles. The van der Waals surface area contributed by atoms with Crippen LogP contribution >= 0.6 is 0 Å². The van der Waals surface area contributed by atoms with Crippen LogP contribution < -0.4 is 0 Å². The number of hydrogen-bond acceptors (Lipinski definition) is 4. The van der Waals surface area contributed by atoms with E-state index in [4.69, 9.17) is 9.47 Å². The second-order valence-corrected chi connectivity index (χ2v) is 5.69. The Morgan fingerprint density at radius 2 is 2.06 bits per heavy atom. The molecule has 0 spiro atoms. The van der Waals surface area contributed by atoms with Crippen LogP contribution in [0.4, 0.5) is 0 Å². The maximum absolute atomic E-state index is 11.9. The first-order valence-corrected chi connectivity index (χ1v) is 6.27. The van der Waals surface area contributed by atoms with Gasteiger partial charge in [0.2, 0.25) is 0 Å². The molecule has 4 nitrogen and oxygen atoms in total. The minimum absolute atomic E-state index is 0.0177. The highest BCUT2D eigenvalue weighted by Crippen LogP contribution is 2.57. The first-order valence-electron chi connectivity index (χ1n) is 6.27. The smallest absolute Gasteiger partial charge is 0.313 e. The molecule has 2 atom stereocenters. The molecule has 1 aliphatic carbocycles. The minimum atomic E-state index is -0.736. The number of rotatable bonds is 5. The molecule has 0 amide bonds. The Balaban J connectivity index is 2.68. The third kappa shape index (κ3) is 3.34. The number of carbonyl (C=O) groups is 2. The van der Waals surface area contributed by atoms with Gasteiger partial charge in [-0.3, -0.25) is 9.59 Å². The molecule has 0 aromatic carbocycles. The molecule has 1 saturated carbocycles. The Kier molecular flexibility index (Phi) is 4.20. The maximum Gasteiger partial charge on any atom is 0.313 e. The van der Waals surface area contributed by atoms with E-state index in [1.54, 1.807) is 33.8 Å². The van der Waals surface area contributed by atoms with Crippen molar-refractivity contribution < 1.29 is 19.1 Å². The van der Waals surface area contributed by atoms with Gasteiger partial charge in [0.1, 0.15) is 5.60 Å². The predicted molar refractivity (Wildman–Crippen MR) is 67.8 cm³/mol. The molecule has 1 aliphatic rings. The molecule has 2 unspecified atom stereocenters. The summed E-state index contributed by atoms with van der Waals surface area (Å²) in [6.45, 7) is 11.2. The van der Waals surface area contributed by atoms with Gasteiger partial charge in [-0.1, -0.05) is 6.08 Å². The lowest BCUT2D eigenvalue weighted by atomic mass is 9.99. The summed E-state index contributed by atoms with van der Waals surface area (Å²) >= 11 is 0. The fourth-order valence-electron chi connectivity index (χ4n) is 2.06. The normalized spacial score (nSPS) is 26.3. The van der Waals surface area contributed by atoms with Gasteiger partial charge in [-0.2, -0.15) is 0 Å². The Morgan fingerprint density at radius 1 is 1.44 bits per heavy atom. The van der Waals surface area contributed by atoms with Gasteiger partial charge in [0.05, 0.1) is 18.4 Å². The number of ether oxygens (including phenoxy) is 2. The Bertz CT molecular complexity index is 353. The molecule has 1 fully saturated rings. The zero-order chi connectivity index (χ0) is 14.0. The van der Waals surface area contributed by atoms with Crippen molar-refractivity contribution in [2.45, 2.75) is 46.1 Å². The lowest BCUT2D eigenvalue weighted by molar-refractivity contribution is -0.163. The van der Waals surface area contributed by atoms with E-state index >= 15 is 0 Å². The molecule has 0 saturated heterocycles. The van der Waals surface area contributed by atoms with E-state index in [-0.39, 0.29) is 24.3 Å². The zero-order valence-corrected chi connectivity index (χ0v) is 11.6. The monoisotopic (exact) mass is 254 g/mol. The summed E-state index contributed by atoms with van der Waals surface area (Å²) in [5.74, 6) is -0.662. The van der Waals surface area contributed by atoms with Gasteiger partial charge >= 0.3 is 11.9 Å². The summed E-state index contributed by atoms with van der Waals surface area (Å²) in [5, 5.41) is 0. The molecule has 0 aromatic rings. The van der Waals surface area contributed by atoms with Crippen LogP contribution in [0.5, 0.6) is 0 Å². The minimum Gasteiger partial charge on any atom is -0.466 e. The third-order valence-electron chi connectivity index (χ3n) is 2.98. The van der Waals surface area contributed by atoms with E-state index in [0.29, 0.717) is 13.0 Å². The fraction of sp³-hybridized carbons (Fsp3) is 0.714. The molecular formula is C14H22O4. The van der Waals surface area contributed by atoms with Crippen LogP contribution in [0.3, 0.4) is 0 Å². The SMILES string of the molecule is C=CC1CC1(CC(=O)OC(C)(C)C)C(=O)OCC. The summed E-state index contributed by atoms with van der Waals surface area (Å²) in [6, 6.07) is 0. The molecule has 1 rings (SSSR count).